The Bertz CT molecular complexity index is 1310. The molecule has 1 aromatic heterocycles. The number of anilines is 1. The molecule has 9 heteroatoms. The molecule has 1 saturated heterocycles. The van der Waals surface area contributed by atoms with E-state index in [0.29, 0.717) is 43.7 Å². The lowest BCUT2D eigenvalue weighted by atomic mass is 10.0. The van der Waals surface area contributed by atoms with Gasteiger partial charge in [-0.25, -0.2) is 14.8 Å². The molecule has 1 aliphatic carbocycles. The predicted octanol–water partition coefficient (Wildman–Crippen LogP) is 2.91. The zero-order valence-corrected chi connectivity index (χ0v) is 21.2. The van der Waals surface area contributed by atoms with Gasteiger partial charge in [-0.3, -0.25) is 9.69 Å². The molecule has 2 aliphatic heterocycles. The maximum atomic E-state index is 13.5. The van der Waals surface area contributed by atoms with E-state index in [2.05, 4.69) is 33.0 Å². The molecule has 192 valence electrons. The second-order valence-electron chi connectivity index (χ2n) is 10.6. The van der Waals surface area contributed by atoms with Gasteiger partial charge in [0.25, 0.3) is 0 Å². The van der Waals surface area contributed by atoms with Crippen molar-refractivity contribution in [1.82, 2.24) is 30.4 Å². The summed E-state index contributed by atoms with van der Waals surface area (Å²) in [5.74, 6) is 1.70. The highest BCUT2D eigenvalue weighted by molar-refractivity contribution is 5.92. The van der Waals surface area contributed by atoms with Crippen LogP contribution in [0.5, 0.6) is 0 Å². The van der Waals surface area contributed by atoms with E-state index in [-0.39, 0.29) is 30.1 Å². The molecule has 0 unspecified atom stereocenters. The zero-order valence-electron chi connectivity index (χ0n) is 21.2. The average Bonchev–Trinajstić information content (AvgIpc) is 3.67. The lowest BCUT2D eigenvalue weighted by Crippen LogP contribution is -2.64. The van der Waals surface area contributed by atoms with Crippen molar-refractivity contribution in [1.29, 1.82) is 0 Å². The summed E-state index contributed by atoms with van der Waals surface area (Å²) >= 11 is 0. The highest BCUT2D eigenvalue weighted by atomic mass is 16.2. The number of nitrogens with one attached hydrogen (secondary N) is 3. The molecule has 2 fully saturated rings. The second-order valence-corrected chi connectivity index (χ2v) is 10.6. The fourth-order valence-electron chi connectivity index (χ4n) is 5.43. The smallest absolute Gasteiger partial charge is 0.317 e. The lowest BCUT2D eigenvalue weighted by Gasteiger charge is -2.42. The van der Waals surface area contributed by atoms with Crippen LogP contribution in [0.4, 0.5) is 10.6 Å². The summed E-state index contributed by atoms with van der Waals surface area (Å²) in [7, 11) is 0. The minimum Gasteiger partial charge on any atom is -0.358 e. The van der Waals surface area contributed by atoms with Gasteiger partial charge in [0, 0.05) is 30.4 Å². The molecule has 3 aromatic rings. The lowest BCUT2D eigenvalue weighted by molar-refractivity contribution is -0.125. The van der Waals surface area contributed by atoms with E-state index in [4.69, 9.17) is 9.97 Å². The summed E-state index contributed by atoms with van der Waals surface area (Å²) in [6.45, 7) is 6.13. The van der Waals surface area contributed by atoms with Gasteiger partial charge in [0.05, 0.1) is 18.6 Å². The minimum absolute atomic E-state index is 0.0397. The normalized spacial score (nSPS) is 25.7. The van der Waals surface area contributed by atoms with Crippen LogP contribution in [0.3, 0.4) is 0 Å². The molecule has 4 atom stereocenters. The average molecular weight is 500 g/mol. The van der Waals surface area contributed by atoms with Gasteiger partial charge in [-0.1, -0.05) is 56.3 Å². The number of benzene rings is 2. The van der Waals surface area contributed by atoms with Crippen LogP contribution in [-0.4, -0.2) is 69.6 Å². The molecule has 3 amide bonds. The molecule has 0 spiro atoms. The number of rotatable bonds is 3. The van der Waals surface area contributed by atoms with E-state index >= 15 is 0 Å². The van der Waals surface area contributed by atoms with E-state index in [0.717, 1.165) is 17.3 Å². The van der Waals surface area contributed by atoms with Gasteiger partial charge in [-0.2, -0.15) is 0 Å². The van der Waals surface area contributed by atoms with Gasteiger partial charge in [-0.05, 0) is 30.0 Å². The molecular formula is C28H33N7O2. The summed E-state index contributed by atoms with van der Waals surface area (Å²) in [4.78, 5) is 40.2. The van der Waals surface area contributed by atoms with Gasteiger partial charge in [0.15, 0.2) is 0 Å². The van der Waals surface area contributed by atoms with Crippen LogP contribution in [0, 0.1) is 5.92 Å². The molecule has 2 bridgehead atoms. The van der Waals surface area contributed by atoms with Gasteiger partial charge < -0.3 is 20.9 Å². The zero-order chi connectivity index (χ0) is 25.5. The number of carbonyl (C=O) groups is 2. The first kappa shape index (κ1) is 23.7. The van der Waals surface area contributed by atoms with E-state index in [1.54, 1.807) is 0 Å². The van der Waals surface area contributed by atoms with Crippen molar-refractivity contribution in [2.45, 2.75) is 51.0 Å². The van der Waals surface area contributed by atoms with Gasteiger partial charge in [0.2, 0.25) is 5.91 Å². The Balaban J connectivity index is 1.21. The number of hydrogen-bond donors (Lipinski definition) is 3. The maximum absolute atomic E-state index is 13.5. The summed E-state index contributed by atoms with van der Waals surface area (Å²) < 4.78 is 0. The van der Waals surface area contributed by atoms with Gasteiger partial charge in [-0.15, -0.1) is 0 Å². The maximum Gasteiger partial charge on any atom is 0.317 e. The monoisotopic (exact) mass is 499 g/mol. The van der Waals surface area contributed by atoms with Crippen molar-refractivity contribution in [3.8, 4) is 0 Å². The quantitative estimate of drug-likeness (QED) is 0.512. The van der Waals surface area contributed by atoms with Crippen molar-refractivity contribution in [2.75, 3.05) is 25.0 Å². The third-order valence-corrected chi connectivity index (χ3v) is 7.65. The van der Waals surface area contributed by atoms with Crippen molar-refractivity contribution < 1.29 is 9.59 Å². The van der Waals surface area contributed by atoms with Crippen LogP contribution in [0.25, 0.3) is 10.9 Å². The fraction of sp³-hybridized carbons (Fsp3) is 0.429. The van der Waals surface area contributed by atoms with Crippen molar-refractivity contribution in [2.24, 2.45) is 5.92 Å². The number of urea groups is 1. The molecule has 0 radical (unpaired) electrons. The first-order valence-corrected chi connectivity index (χ1v) is 13.1. The molecule has 9 nitrogen and oxygen atoms in total. The number of para-hydroxylation sites is 1. The second kappa shape index (κ2) is 9.63. The number of carbonyl (C=O) groups excluding carboxylic acids is 2. The van der Waals surface area contributed by atoms with E-state index < -0.39 is 6.04 Å². The highest BCUT2D eigenvalue weighted by Crippen LogP contribution is 2.40. The highest BCUT2D eigenvalue weighted by Gasteiger charge is 2.41. The van der Waals surface area contributed by atoms with Crippen LogP contribution >= 0.6 is 0 Å². The molecule has 3 N–H and O–H groups in total. The third-order valence-electron chi connectivity index (χ3n) is 7.65. The van der Waals surface area contributed by atoms with E-state index in [9.17, 15) is 9.59 Å². The third kappa shape index (κ3) is 4.83. The molecular weight excluding hydrogens is 466 g/mol. The predicted molar refractivity (Wildman–Crippen MR) is 142 cm³/mol. The topological polar surface area (TPSA) is 102 Å². The molecule has 3 aliphatic rings. The van der Waals surface area contributed by atoms with Crippen LogP contribution in [0.15, 0.2) is 54.6 Å². The molecule has 3 heterocycles. The van der Waals surface area contributed by atoms with E-state index in [1.807, 2.05) is 61.2 Å². The largest absolute Gasteiger partial charge is 0.358 e. The molecule has 2 aromatic carbocycles. The number of piperazine rings is 1. The Morgan fingerprint density at radius 2 is 1.81 bits per heavy atom. The summed E-state index contributed by atoms with van der Waals surface area (Å²) in [5, 5.41) is 10.7. The number of fused-ring (bicyclic) bond motifs is 5. The van der Waals surface area contributed by atoms with Crippen LogP contribution < -0.4 is 16.0 Å². The Morgan fingerprint density at radius 3 is 2.62 bits per heavy atom. The summed E-state index contributed by atoms with van der Waals surface area (Å²) in [5.41, 5.74) is 2.12. The Morgan fingerprint density at radius 1 is 1.03 bits per heavy atom. The van der Waals surface area contributed by atoms with Crippen molar-refractivity contribution >= 4 is 28.7 Å². The van der Waals surface area contributed by atoms with Gasteiger partial charge >= 0.3 is 6.03 Å². The van der Waals surface area contributed by atoms with Crippen LogP contribution in [0.1, 0.15) is 37.6 Å². The fourth-order valence-corrected chi connectivity index (χ4v) is 5.43. The number of aromatic nitrogens is 2. The minimum atomic E-state index is -0.464. The van der Waals surface area contributed by atoms with Crippen molar-refractivity contribution in [3.05, 3.63) is 66.0 Å². The Kier molecular flexibility index (Phi) is 6.16. The number of hydrogen-bond acceptors (Lipinski definition) is 6. The van der Waals surface area contributed by atoms with Crippen LogP contribution in [0.2, 0.25) is 0 Å². The first-order chi connectivity index (χ1) is 18.0. The van der Waals surface area contributed by atoms with Gasteiger partial charge in [0.1, 0.15) is 23.8 Å². The van der Waals surface area contributed by atoms with Crippen molar-refractivity contribution in [3.63, 3.8) is 0 Å². The number of nitrogens with zero attached hydrogens (tertiary/aromatic N) is 4. The van der Waals surface area contributed by atoms with E-state index in [1.165, 1.54) is 5.56 Å². The molecule has 1 saturated carbocycles. The number of amides is 3. The summed E-state index contributed by atoms with van der Waals surface area (Å²) in [6, 6.07) is 17.8. The Hall–Kier alpha value is -3.72. The van der Waals surface area contributed by atoms with Crippen LogP contribution in [-0.2, 0) is 11.3 Å². The first-order valence-electron chi connectivity index (χ1n) is 13.1. The Labute approximate surface area is 216 Å². The summed E-state index contributed by atoms with van der Waals surface area (Å²) in [6.07, 6.45) is 0.634. The molecule has 6 rings (SSSR count). The molecule has 37 heavy (non-hydrogen) atoms. The standard InChI is InChI=1S/C28H33N7O2/c1-17(2)25-27(36)32-24-16-35(28(37)30-22-14-20(22)18-8-4-3-5-9-18)13-12-34(24)15-23-29-21-11-7-6-10-19(21)26(31-23)33-25/h3-11,17,20,22,24-25H,12-16H2,1-2H3,(H,30,37)(H,32,36)(H,29,31,33)/t20-,22+,24+,25-/m0/s1. The SMILES string of the molecule is CC(C)[C@@H]1Nc2nc(nc3ccccc23)CN2CCN(C(=O)N[C@@H]3C[C@H]3c3ccccc3)C[C@@H]2NC1=O.